The molecule has 1 aliphatic rings. The van der Waals surface area contributed by atoms with Crippen LogP contribution in [0.25, 0.3) is 0 Å². The van der Waals surface area contributed by atoms with Gasteiger partial charge in [-0.2, -0.15) is 8.42 Å². The van der Waals surface area contributed by atoms with E-state index >= 15 is 0 Å². The summed E-state index contributed by atoms with van der Waals surface area (Å²) in [6, 6.07) is 0.360. The Kier molecular flexibility index (Phi) is 5.42. The van der Waals surface area contributed by atoms with Crippen molar-refractivity contribution in [1.29, 1.82) is 0 Å². The van der Waals surface area contributed by atoms with Crippen LogP contribution in [0.5, 0.6) is 0 Å². The van der Waals surface area contributed by atoms with Crippen LogP contribution >= 0.6 is 0 Å². The number of hydrogen-bond donors (Lipinski definition) is 4. The Hall–Kier alpha value is -0.210. The van der Waals surface area contributed by atoms with Crippen LogP contribution in [0.1, 0.15) is 25.7 Å². The largest absolute Gasteiger partial charge is 0.394 e. The Bertz CT molecular complexity index is 201. The minimum absolute atomic E-state index is 0.0604. The molecule has 0 aliphatic heterocycles. The first-order chi connectivity index (χ1) is 5.79. The molecule has 0 bridgehead atoms. The zero-order chi connectivity index (χ0) is 10.5. The van der Waals surface area contributed by atoms with Gasteiger partial charge in [-0.05, 0) is 25.7 Å². The lowest BCUT2D eigenvalue weighted by molar-refractivity contribution is 0.123. The Balaban J connectivity index is 0.000000252. The van der Waals surface area contributed by atoms with Crippen LogP contribution in [0.2, 0.25) is 0 Å². The fourth-order valence-electron chi connectivity index (χ4n) is 1.10. The molecule has 0 aromatic rings. The summed E-state index contributed by atoms with van der Waals surface area (Å²) in [6.07, 6.45) is 3.75. The maximum atomic E-state index is 8.97. The highest BCUT2D eigenvalue weighted by atomic mass is 32.3. The molecule has 0 unspecified atom stereocenters. The average molecular weight is 213 g/mol. The fraction of sp³-hybridized carbons (Fsp3) is 1.00. The average Bonchev–Trinajstić information content (AvgIpc) is 1.92. The van der Waals surface area contributed by atoms with E-state index in [0.717, 1.165) is 25.7 Å². The summed E-state index contributed by atoms with van der Waals surface area (Å²) in [6.45, 7) is 0. The lowest BCUT2D eigenvalue weighted by atomic mass is 9.94. The van der Waals surface area contributed by atoms with Crippen molar-refractivity contribution in [1.82, 2.24) is 0 Å². The van der Waals surface area contributed by atoms with Crippen molar-refractivity contribution in [3.05, 3.63) is 0 Å². The molecule has 80 valence electrons. The predicted octanol–water partition coefficient (Wildman–Crippen LogP) is -0.404. The van der Waals surface area contributed by atoms with Crippen molar-refractivity contribution in [3.63, 3.8) is 0 Å². The van der Waals surface area contributed by atoms with Crippen molar-refractivity contribution < 1.29 is 22.6 Å². The molecule has 1 rings (SSSR count). The van der Waals surface area contributed by atoms with Gasteiger partial charge in [0.05, 0.1) is 6.10 Å². The number of nitrogens with two attached hydrogens (primary N) is 1. The summed E-state index contributed by atoms with van der Waals surface area (Å²) < 4.78 is 31.6. The molecule has 6 nitrogen and oxygen atoms in total. The number of aliphatic hydroxyl groups is 1. The van der Waals surface area contributed by atoms with Crippen LogP contribution in [0.3, 0.4) is 0 Å². The van der Waals surface area contributed by atoms with Crippen molar-refractivity contribution in [2.24, 2.45) is 5.73 Å². The summed E-state index contributed by atoms with van der Waals surface area (Å²) >= 11 is 0. The molecule has 5 N–H and O–H groups in total. The van der Waals surface area contributed by atoms with Crippen molar-refractivity contribution >= 4 is 10.4 Å². The van der Waals surface area contributed by atoms with Gasteiger partial charge in [0.1, 0.15) is 0 Å². The number of hydrogen-bond acceptors (Lipinski definition) is 4. The molecule has 0 radical (unpaired) electrons. The van der Waals surface area contributed by atoms with Crippen LogP contribution in [0.15, 0.2) is 0 Å². The first kappa shape index (κ1) is 12.8. The van der Waals surface area contributed by atoms with Gasteiger partial charge in [-0.15, -0.1) is 0 Å². The van der Waals surface area contributed by atoms with E-state index in [0.29, 0.717) is 6.04 Å². The molecular formula is C6H15NO5S. The summed E-state index contributed by atoms with van der Waals surface area (Å²) in [5.74, 6) is 0. The summed E-state index contributed by atoms with van der Waals surface area (Å²) in [5, 5.41) is 8.97. The fourth-order valence-corrected chi connectivity index (χ4v) is 1.10. The maximum absolute atomic E-state index is 8.97. The van der Waals surface area contributed by atoms with E-state index in [-0.39, 0.29) is 6.10 Å². The van der Waals surface area contributed by atoms with Gasteiger partial charge in [0, 0.05) is 6.04 Å². The third kappa shape index (κ3) is 11.8. The lowest BCUT2D eigenvalue weighted by Gasteiger charge is -2.21. The van der Waals surface area contributed by atoms with E-state index in [1.165, 1.54) is 0 Å². The zero-order valence-corrected chi connectivity index (χ0v) is 7.94. The molecule has 13 heavy (non-hydrogen) atoms. The van der Waals surface area contributed by atoms with Gasteiger partial charge in [0.25, 0.3) is 0 Å². The molecule has 1 saturated carbocycles. The first-order valence-electron chi connectivity index (χ1n) is 3.92. The highest BCUT2D eigenvalue weighted by molar-refractivity contribution is 7.79. The second kappa shape index (κ2) is 5.51. The smallest absolute Gasteiger partial charge is 0.393 e. The molecule has 0 amide bonds. The Morgan fingerprint density at radius 1 is 1.08 bits per heavy atom. The Morgan fingerprint density at radius 3 is 1.62 bits per heavy atom. The Labute approximate surface area is 77.3 Å². The quantitative estimate of drug-likeness (QED) is 0.406. The minimum Gasteiger partial charge on any atom is -0.393 e. The van der Waals surface area contributed by atoms with E-state index in [1.807, 2.05) is 0 Å². The van der Waals surface area contributed by atoms with Gasteiger partial charge in [-0.1, -0.05) is 0 Å². The van der Waals surface area contributed by atoms with Crippen LogP contribution in [0, 0.1) is 0 Å². The molecule has 0 aromatic heterocycles. The van der Waals surface area contributed by atoms with Crippen LogP contribution in [0.4, 0.5) is 0 Å². The number of aliphatic hydroxyl groups excluding tert-OH is 1. The van der Waals surface area contributed by atoms with Crippen molar-refractivity contribution in [2.45, 2.75) is 37.8 Å². The van der Waals surface area contributed by atoms with Crippen LogP contribution < -0.4 is 5.73 Å². The highest BCUT2D eigenvalue weighted by Crippen LogP contribution is 2.15. The normalized spacial score (nSPS) is 28.9. The number of rotatable bonds is 0. The van der Waals surface area contributed by atoms with Crippen molar-refractivity contribution in [2.75, 3.05) is 0 Å². The molecular weight excluding hydrogens is 198 g/mol. The zero-order valence-electron chi connectivity index (χ0n) is 7.13. The topological polar surface area (TPSA) is 121 Å². The van der Waals surface area contributed by atoms with E-state index in [2.05, 4.69) is 0 Å². The van der Waals surface area contributed by atoms with E-state index in [4.69, 9.17) is 28.4 Å². The second-order valence-electron chi connectivity index (χ2n) is 3.02. The van der Waals surface area contributed by atoms with Crippen LogP contribution in [-0.4, -0.2) is 34.8 Å². The summed E-state index contributed by atoms with van der Waals surface area (Å²) in [4.78, 5) is 0. The van der Waals surface area contributed by atoms with Gasteiger partial charge in [0.2, 0.25) is 0 Å². The van der Waals surface area contributed by atoms with E-state index in [1.54, 1.807) is 0 Å². The maximum Gasteiger partial charge on any atom is 0.394 e. The molecule has 0 atom stereocenters. The third-order valence-electron chi connectivity index (χ3n) is 1.74. The molecule has 0 spiro atoms. The predicted molar refractivity (Wildman–Crippen MR) is 46.6 cm³/mol. The monoisotopic (exact) mass is 213 g/mol. The third-order valence-corrected chi connectivity index (χ3v) is 1.74. The lowest BCUT2D eigenvalue weighted by Crippen LogP contribution is -2.28. The summed E-state index contributed by atoms with van der Waals surface area (Å²) in [5.41, 5.74) is 5.59. The minimum atomic E-state index is -4.67. The first-order valence-corrected chi connectivity index (χ1v) is 5.32. The van der Waals surface area contributed by atoms with Gasteiger partial charge in [-0.3, -0.25) is 9.11 Å². The van der Waals surface area contributed by atoms with E-state index < -0.39 is 10.4 Å². The Morgan fingerprint density at radius 2 is 1.38 bits per heavy atom. The van der Waals surface area contributed by atoms with E-state index in [9.17, 15) is 0 Å². The standard InChI is InChI=1S/C6H13NO.H2O4S/c7-5-1-3-6(8)4-2-5;1-5(2,3)4/h5-6,8H,1-4,7H2;(H2,1,2,3,4)/t5-,6-;. The van der Waals surface area contributed by atoms with Crippen molar-refractivity contribution in [3.8, 4) is 0 Å². The molecule has 0 saturated heterocycles. The summed E-state index contributed by atoms with van der Waals surface area (Å²) in [7, 11) is -4.67. The molecule has 7 heteroatoms. The van der Waals surface area contributed by atoms with Gasteiger partial charge in [0.15, 0.2) is 0 Å². The molecule has 1 aliphatic carbocycles. The van der Waals surface area contributed by atoms with Gasteiger partial charge >= 0.3 is 10.4 Å². The van der Waals surface area contributed by atoms with Crippen LogP contribution in [-0.2, 0) is 10.4 Å². The second-order valence-corrected chi connectivity index (χ2v) is 3.91. The highest BCUT2D eigenvalue weighted by Gasteiger charge is 2.14. The molecule has 1 fully saturated rings. The molecule has 0 aromatic carbocycles. The SMILES string of the molecule is N[C@H]1CC[C@H](O)CC1.O=S(=O)(O)O. The molecule has 0 heterocycles. The van der Waals surface area contributed by atoms with Gasteiger partial charge < -0.3 is 10.8 Å². The van der Waals surface area contributed by atoms with Gasteiger partial charge in [-0.25, -0.2) is 0 Å².